The van der Waals surface area contributed by atoms with Gasteiger partial charge in [0, 0.05) is 38.9 Å². The van der Waals surface area contributed by atoms with Crippen LogP contribution in [0.3, 0.4) is 0 Å². The first-order chi connectivity index (χ1) is 7.54. The summed E-state index contributed by atoms with van der Waals surface area (Å²) in [6, 6.07) is 0.921. The van der Waals surface area contributed by atoms with E-state index in [2.05, 4.69) is 25.7 Å². The quantitative estimate of drug-likeness (QED) is 0.778. The molecule has 1 heterocycles. The normalized spacial score (nSPS) is 33.9. The smallest absolute Gasteiger partial charge is 0.0477 e. The van der Waals surface area contributed by atoms with Gasteiger partial charge in [-0.3, -0.25) is 4.90 Å². The highest BCUT2D eigenvalue weighted by Gasteiger charge is 2.29. The van der Waals surface area contributed by atoms with Crippen molar-refractivity contribution in [3.05, 3.63) is 0 Å². The van der Waals surface area contributed by atoms with Crippen LogP contribution < -0.4 is 5.73 Å². The molecule has 0 saturated carbocycles. The van der Waals surface area contributed by atoms with Crippen LogP contribution in [0.25, 0.3) is 0 Å². The molecule has 0 aromatic carbocycles. The minimum absolute atomic E-state index is 0.250. The average Bonchev–Trinajstić information content (AvgIpc) is 2.22. The molecule has 3 nitrogen and oxygen atoms in total. The van der Waals surface area contributed by atoms with Crippen LogP contribution >= 0.6 is 0 Å². The molecule has 3 heteroatoms. The summed E-state index contributed by atoms with van der Waals surface area (Å²) in [4.78, 5) is 2.55. The lowest BCUT2D eigenvalue weighted by molar-refractivity contribution is 0.0698. The van der Waals surface area contributed by atoms with Gasteiger partial charge in [0.25, 0.3) is 0 Å². The fourth-order valence-corrected chi connectivity index (χ4v) is 2.74. The van der Waals surface area contributed by atoms with E-state index in [9.17, 15) is 0 Å². The number of hydrogen-bond donors (Lipinski definition) is 1. The van der Waals surface area contributed by atoms with Crippen LogP contribution in [0, 0.1) is 11.8 Å². The van der Waals surface area contributed by atoms with Gasteiger partial charge in [0.1, 0.15) is 0 Å². The van der Waals surface area contributed by atoms with E-state index in [1.165, 1.54) is 13.0 Å². The third-order valence-electron chi connectivity index (χ3n) is 3.88. The zero-order valence-corrected chi connectivity index (χ0v) is 11.3. The summed E-state index contributed by atoms with van der Waals surface area (Å²) in [6.07, 6.45) is 2.31. The van der Waals surface area contributed by atoms with E-state index in [1.54, 1.807) is 7.11 Å². The first-order valence-corrected chi connectivity index (χ1v) is 6.53. The third kappa shape index (κ3) is 4.04. The lowest BCUT2D eigenvalue weighted by Gasteiger charge is -2.42. The lowest BCUT2D eigenvalue weighted by atomic mass is 9.85. The summed E-state index contributed by atoms with van der Waals surface area (Å²) in [5, 5.41) is 0. The van der Waals surface area contributed by atoms with Crippen LogP contribution in [0.2, 0.25) is 0 Å². The molecule has 0 bridgehead atoms. The Labute approximate surface area is 100 Å². The Morgan fingerprint density at radius 3 is 2.69 bits per heavy atom. The van der Waals surface area contributed by atoms with Crippen molar-refractivity contribution in [1.29, 1.82) is 0 Å². The van der Waals surface area contributed by atoms with Gasteiger partial charge in [0.15, 0.2) is 0 Å². The molecule has 2 N–H and O–H groups in total. The van der Waals surface area contributed by atoms with Gasteiger partial charge in [0.05, 0.1) is 0 Å². The Morgan fingerprint density at radius 1 is 1.38 bits per heavy atom. The standard InChI is InChI=1S/C13H28N2O/c1-10-7-11(2)12(3)15(8-10)9-13(14)5-6-16-4/h10-13H,5-9,14H2,1-4H3. The van der Waals surface area contributed by atoms with Gasteiger partial charge in [-0.15, -0.1) is 0 Å². The predicted octanol–water partition coefficient (Wildman–Crippen LogP) is 1.72. The number of rotatable bonds is 5. The fourth-order valence-electron chi connectivity index (χ4n) is 2.74. The van der Waals surface area contributed by atoms with Crippen molar-refractivity contribution in [2.24, 2.45) is 17.6 Å². The van der Waals surface area contributed by atoms with E-state index in [0.717, 1.165) is 31.4 Å². The molecular formula is C13H28N2O. The van der Waals surface area contributed by atoms with Crippen molar-refractivity contribution in [2.45, 2.75) is 45.7 Å². The molecule has 96 valence electrons. The number of likely N-dealkylation sites (tertiary alicyclic amines) is 1. The number of hydrogen-bond acceptors (Lipinski definition) is 3. The molecule has 1 rings (SSSR count). The third-order valence-corrected chi connectivity index (χ3v) is 3.88. The molecule has 0 aromatic heterocycles. The molecule has 16 heavy (non-hydrogen) atoms. The monoisotopic (exact) mass is 228 g/mol. The largest absolute Gasteiger partial charge is 0.385 e. The highest BCUT2D eigenvalue weighted by atomic mass is 16.5. The second kappa shape index (κ2) is 6.58. The minimum atomic E-state index is 0.250. The van der Waals surface area contributed by atoms with Crippen molar-refractivity contribution in [1.82, 2.24) is 4.90 Å². The van der Waals surface area contributed by atoms with E-state index in [1.807, 2.05) is 0 Å². The number of piperidine rings is 1. The van der Waals surface area contributed by atoms with Gasteiger partial charge in [-0.05, 0) is 31.6 Å². The van der Waals surface area contributed by atoms with Crippen molar-refractivity contribution >= 4 is 0 Å². The molecular weight excluding hydrogens is 200 g/mol. The van der Waals surface area contributed by atoms with E-state index in [-0.39, 0.29) is 6.04 Å². The van der Waals surface area contributed by atoms with Gasteiger partial charge >= 0.3 is 0 Å². The number of nitrogens with zero attached hydrogens (tertiary/aromatic N) is 1. The number of methoxy groups -OCH3 is 1. The van der Waals surface area contributed by atoms with E-state index in [0.29, 0.717) is 6.04 Å². The van der Waals surface area contributed by atoms with Crippen molar-refractivity contribution in [3.63, 3.8) is 0 Å². The first-order valence-electron chi connectivity index (χ1n) is 6.53. The summed E-state index contributed by atoms with van der Waals surface area (Å²) in [6.45, 7) is 10.0. The SMILES string of the molecule is COCCC(N)CN1CC(C)CC(C)C1C. The Kier molecular flexibility index (Phi) is 5.73. The maximum absolute atomic E-state index is 6.12. The molecule has 0 aliphatic carbocycles. The lowest BCUT2D eigenvalue weighted by Crippen LogP contribution is -2.50. The maximum Gasteiger partial charge on any atom is 0.0477 e. The van der Waals surface area contributed by atoms with Crippen LogP contribution in [0.5, 0.6) is 0 Å². The Hall–Kier alpha value is -0.120. The molecule has 0 aromatic rings. The van der Waals surface area contributed by atoms with Crippen LogP contribution in [-0.4, -0.2) is 43.8 Å². The van der Waals surface area contributed by atoms with Crippen molar-refractivity contribution < 1.29 is 4.74 Å². The van der Waals surface area contributed by atoms with Crippen LogP contribution in [0.1, 0.15) is 33.6 Å². The molecule has 1 fully saturated rings. The average molecular weight is 228 g/mol. The number of ether oxygens (including phenoxy) is 1. The molecule has 0 amide bonds. The topological polar surface area (TPSA) is 38.5 Å². The molecule has 0 radical (unpaired) electrons. The maximum atomic E-state index is 6.12. The highest BCUT2D eigenvalue weighted by Crippen LogP contribution is 2.26. The summed E-state index contributed by atoms with van der Waals surface area (Å²) >= 11 is 0. The Balaban J connectivity index is 2.39. The van der Waals surface area contributed by atoms with Gasteiger partial charge in [-0.1, -0.05) is 13.8 Å². The summed E-state index contributed by atoms with van der Waals surface area (Å²) in [7, 11) is 1.74. The van der Waals surface area contributed by atoms with Crippen LogP contribution in [0.4, 0.5) is 0 Å². The Bertz CT molecular complexity index is 198. The van der Waals surface area contributed by atoms with Crippen molar-refractivity contribution in [3.8, 4) is 0 Å². The van der Waals surface area contributed by atoms with E-state index >= 15 is 0 Å². The van der Waals surface area contributed by atoms with Gasteiger partial charge in [-0.25, -0.2) is 0 Å². The molecule has 1 aliphatic heterocycles. The first kappa shape index (κ1) is 13.9. The fraction of sp³-hybridized carbons (Fsp3) is 1.00. The highest BCUT2D eigenvalue weighted by molar-refractivity contribution is 4.83. The van der Waals surface area contributed by atoms with E-state index in [4.69, 9.17) is 10.5 Å². The second-order valence-electron chi connectivity index (χ2n) is 5.55. The summed E-state index contributed by atoms with van der Waals surface area (Å²) < 4.78 is 5.07. The molecule has 1 saturated heterocycles. The molecule has 4 unspecified atom stereocenters. The van der Waals surface area contributed by atoms with Gasteiger partial charge in [0.2, 0.25) is 0 Å². The predicted molar refractivity (Wildman–Crippen MR) is 68.4 cm³/mol. The van der Waals surface area contributed by atoms with Gasteiger partial charge in [-0.2, -0.15) is 0 Å². The van der Waals surface area contributed by atoms with Crippen molar-refractivity contribution in [2.75, 3.05) is 26.8 Å². The Morgan fingerprint density at radius 2 is 2.06 bits per heavy atom. The molecule has 0 spiro atoms. The summed E-state index contributed by atoms with van der Waals surface area (Å²) in [5.41, 5.74) is 6.12. The summed E-state index contributed by atoms with van der Waals surface area (Å²) in [5.74, 6) is 1.60. The minimum Gasteiger partial charge on any atom is -0.385 e. The zero-order valence-electron chi connectivity index (χ0n) is 11.3. The van der Waals surface area contributed by atoms with E-state index < -0.39 is 0 Å². The number of nitrogens with two attached hydrogens (primary N) is 1. The van der Waals surface area contributed by atoms with Crippen LogP contribution in [-0.2, 0) is 4.74 Å². The molecule has 4 atom stereocenters. The molecule has 1 aliphatic rings. The van der Waals surface area contributed by atoms with Gasteiger partial charge < -0.3 is 10.5 Å². The van der Waals surface area contributed by atoms with Crippen LogP contribution in [0.15, 0.2) is 0 Å². The zero-order chi connectivity index (χ0) is 12.1. The second-order valence-corrected chi connectivity index (χ2v) is 5.55.